The van der Waals surface area contributed by atoms with Gasteiger partial charge in [-0.15, -0.1) is 0 Å². The summed E-state index contributed by atoms with van der Waals surface area (Å²) in [7, 11) is 0. The lowest BCUT2D eigenvalue weighted by Crippen LogP contribution is -2.16. The van der Waals surface area contributed by atoms with Crippen LogP contribution in [0.2, 0.25) is 0 Å². The fourth-order valence-electron chi connectivity index (χ4n) is 1.46. The molecule has 0 heterocycles. The first-order valence-electron chi connectivity index (χ1n) is 4.75. The summed E-state index contributed by atoms with van der Waals surface area (Å²) in [6, 6.07) is 6.53. The standard InChI is InChI=1S/C12H14FNO/c1-12(2,3)11-9(13)5-4-6-10(11)15-8-7-14/h4-6H,8H2,1-3H3. The molecule has 0 aliphatic rings. The molecule has 0 saturated heterocycles. The van der Waals surface area contributed by atoms with Gasteiger partial charge in [0, 0.05) is 5.56 Å². The largest absolute Gasteiger partial charge is 0.478 e. The molecule has 1 rings (SSSR count). The van der Waals surface area contributed by atoms with Crippen molar-refractivity contribution >= 4 is 0 Å². The predicted molar refractivity (Wildman–Crippen MR) is 56.2 cm³/mol. The molecule has 0 radical (unpaired) electrons. The van der Waals surface area contributed by atoms with Crippen molar-refractivity contribution in [3.63, 3.8) is 0 Å². The van der Waals surface area contributed by atoms with Crippen molar-refractivity contribution in [2.24, 2.45) is 0 Å². The Bertz CT molecular complexity index is 388. The normalized spacial score (nSPS) is 10.9. The molecule has 1 aromatic rings. The van der Waals surface area contributed by atoms with Gasteiger partial charge in [-0.25, -0.2) is 4.39 Å². The van der Waals surface area contributed by atoms with E-state index >= 15 is 0 Å². The molecule has 0 aliphatic carbocycles. The van der Waals surface area contributed by atoms with E-state index in [0.29, 0.717) is 11.3 Å². The zero-order valence-corrected chi connectivity index (χ0v) is 9.17. The van der Waals surface area contributed by atoms with Crippen molar-refractivity contribution in [2.75, 3.05) is 6.61 Å². The van der Waals surface area contributed by atoms with Crippen molar-refractivity contribution < 1.29 is 9.13 Å². The molecule has 80 valence electrons. The minimum atomic E-state index is -0.337. The van der Waals surface area contributed by atoms with Crippen LogP contribution in [0.4, 0.5) is 4.39 Å². The van der Waals surface area contributed by atoms with Gasteiger partial charge in [0.1, 0.15) is 17.6 Å². The molecule has 1 aromatic carbocycles. The van der Waals surface area contributed by atoms with Crippen LogP contribution >= 0.6 is 0 Å². The Kier molecular flexibility index (Phi) is 3.31. The second-order valence-corrected chi connectivity index (χ2v) is 4.31. The van der Waals surface area contributed by atoms with Crippen molar-refractivity contribution in [1.29, 1.82) is 5.26 Å². The van der Waals surface area contributed by atoms with E-state index in [1.165, 1.54) is 6.07 Å². The molecule has 0 spiro atoms. The van der Waals surface area contributed by atoms with Crippen molar-refractivity contribution in [1.82, 2.24) is 0 Å². The van der Waals surface area contributed by atoms with Crippen molar-refractivity contribution in [3.05, 3.63) is 29.6 Å². The summed E-state index contributed by atoms with van der Waals surface area (Å²) in [5, 5.41) is 8.42. The molecule has 0 atom stereocenters. The number of nitriles is 1. The highest BCUT2D eigenvalue weighted by Gasteiger charge is 2.23. The minimum Gasteiger partial charge on any atom is -0.478 e. The quantitative estimate of drug-likeness (QED) is 0.746. The summed E-state index contributed by atoms with van der Waals surface area (Å²) in [5.74, 6) is 0.155. The van der Waals surface area contributed by atoms with Gasteiger partial charge in [-0.2, -0.15) is 5.26 Å². The topological polar surface area (TPSA) is 33.0 Å². The third-order valence-electron chi connectivity index (χ3n) is 2.02. The molecule has 0 saturated carbocycles. The molecule has 0 amide bonds. The smallest absolute Gasteiger partial charge is 0.174 e. The van der Waals surface area contributed by atoms with Crippen LogP contribution in [0, 0.1) is 17.1 Å². The zero-order valence-electron chi connectivity index (χ0n) is 9.17. The monoisotopic (exact) mass is 207 g/mol. The number of rotatable bonds is 2. The van der Waals surface area contributed by atoms with Crippen LogP contribution in [-0.2, 0) is 5.41 Å². The summed E-state index contributed by atoms with van der Waals surface area (Å²) in [6.45, 7) is 5.66. The van der Waals surface area contributed by atoms with Gasteiger partial charge in [-0.3, -0.25) is 0 Å². The van der Waals surface area contributed by atoms with E-state index in [1.807, 2.05) is 26.8 Å². The van der Waals surface area contributed by atoms with Crippen LogP contribution in [0.25, 0.3) is 0 Å². The summed E-state index contributed by atoms with van der Waals surface area (Å²) in [4.78, 5) is 0. The molecule has 15 heavy (non-hydrogen) atoms. The van der Waals surface area contributed by atoms with Crippen molar-refractivity contribution in [2.45, 2.75) is 26.2 Å². The number of nitrogens with zero attached hydrogens (tertiary/aromatic N) is 1. The number of hydrogen-bond acceptors (Lipinski definition) is 2. The maximum absolute atomic E-state index is 13.6. The maximum Gasteiger partial charge on any atom is 0.174 e. The molecule has 3 heteroatoms. The van der Waals surface area contributed by atoms with Gasteiger partial charge in [0.05, 0.1) is 0 Å². The molecule has 0 fully saturated rings. The molecule has 0 N–H and O–H groups in total. The van der Waals surface area contributed by atoms with E-state index in [-0.39, 0.29) is 17.8 Å². The Morgan fingerprint density at radius 3 is 2.60 bits per heavy atom. The van der Waals surface area contributed by atoms with Gasteiger partial charge in [0.15, 0.2) is 6.61 Å². The first kappa shape index (κ1) is 11.5. The average Bonchev–Trinajstić information content (AvgIpc) is 2.12. The van der Waals surface area contributed by atoms with Gasteiger partial charge in [-0.05, 0) is 17.5 Å². The van der Waals surface area contributed by atoms with Crippen LogP contribution in [0.3, 0.4) is 0 Å². The Balaban J connectivity index is 3.16. The van der Waals surface area contributed by atoms with Crippen LogP contribution < -0.4 is 4.74 Å². The summed E-state index contributed by atoms with van der Waals surface area (Å²) < 4.78 is 18.8. The van der Waals surface area contributed by atoms with E-state index in [2.05, 4.69) is 0 Å². The molecule has 0 aliphatic heterocycles. The lowest BCUT2D eigenvalue weighted by Gasteiger charge is -2.22. The van der Waals surface area contributed by atoms with Crippen LogP contribution in [0.15, 0.2) is 18.2 Å². The van der Waals surface area contributed by atoms with Crippen LogP contribution in [0.5, 0.6) is 5.75 Å². The Morgan fingerprint density at radius 2 is 2.07 bits per heavy atom. The molecule has 0 unspecified atom stereocenters. The second kappa shape index (κ2) is 4.31. The fraction of sp³-hybridized carbons (Fsp3) is 0.417. The van der Waals surface area contributed by atoms with E-state index in [9.17, 15) is 4.39 Å². The number of ether oxygens (including phenoxy) is 1. The highest BCUT2D eigenvalue weighted by molar-refractivity contribution is 5.39. The third-order valence-corrected chi connectivity index (χ3v) is 2.02. The highest BCUT2D eigenvalue weighted by atomic mass is 19.1. The lowest BCUT2D eigenvalue weighted by atomic mass is 9.86. The summed E-state index contributed by atoms with van der Waals surface area (Å²) in [6.07, 6.45) is 0. The predicted octanol–water partition coefficient (Wildman–Crippen LogP) is 3.03. The maximum atomic E-state index is 13.6. The molecular weight excluding hydrogens is 193 g/mol. The van der Waals surface area contributed by atoms with Gasteiger partial charge in [0.25, 0.3) is 0 Å². The van der Waals surface area contributed by atoms with Gasteiger partial charge < -0.3 is 4.74 Å². The van der Waals surface area contributed by atoms with Gasteiger partial charge in [-0.1, -0.05) is 26.8 Å². The fourth-order valence-corrected chi connectivity index (χ4v) is 1.46. The molecule has 2 nitrogen and oxygen atoms in total. The Labute approximate surface area is 89.3 Å². The molecule has 0 aromatic heterocycles. The SMILES string of the molecule is CC(C)(C)c1c(F)cccc1OCC#N. The highest BCUT2D eigenvalue weighted by Crippen LogP contribution is 2.33. The zero-order chi connectivity index (χ0) is 11.5. The van der Waals surface area contributed by atoms with Gasteiger partial charge >= 0.3 is 0 Å². The van der Waals surface area contributed by atoms with E-state index in [0.717, 1.165) is 0 Å². The van der Waals surface area contributed by atoms with E-state index < -0.39 is 0 Å². The summed E-state index contributed by atoms with van der Waals surface area (Å²) >= 11 is 0. The summed E-state index contributed by atoms with van der Waals surface area (Å²) in [5.41, 5.74) is 0.177. The minimum absolute atomic E-state index is 0.0630. The van der Waals surface area contributed by atoms with Crippen LogP contribution in [-0.4, -0.2) is 6.61 Å². The number of halogens is 1. The first-order chi connectivity index (χ1) is 6.96. The first-order valence-corrected chi connectivity index (χ1v) is 4.75. The Hall–Kier alpha value is -1.56. The molecule has 0 bridgehead atoms. The lowest BCUT2D eigenvalue weighted by molar-refractivity contribution is 0.349. The number of hydrogen-bond donors (Lipinski definition) is 0. The van der Waals surface area contributed by atoms with Crippen LogP contribution in [0.1, 0.15) is 26.3 Å². The van der Waals surface area contributed by atoms with E-state index in [4.69, 9.17) is 10.00 Å². The van der Waals surface area contributed by atoms with E-state index in [1.54, 1.807) is 12.1 Å². The third kappa shape index (κ3) is 2.69. The molecular formula is C12H14FNO. The Morgan fingerprint density at radius 1 is 1.40 bits per heavy atom. The van der Waals surface area contributed by atoms with Crippen molar-refractivity contribution in [3.8, 4) is 11.8 Å². The number of benzene rings is 1. The van der Waals surface area contributed by atoms with Gasteiger partial charge in [0.2, 0.25) is 0 Å². The average molecular weight is 207 g/mol. The second-order valence-electron chi connectivity index (χ2n) is 4.31.